The molecule has 6 nitrogen and oxygen atoms in total. The number of ether oxygens (including phenoxy) is 2. The van der Waals surface area contributed by atoms with Crippen molar-refractivity contribution in [3.8, 4) is 0 Å². The van der Waals surface area contributed by atoms with Crippen molar-refractivity contribution in [3.63, 3.8) is 0 Å². The van der Waals surface area contributed by atoms with Gasteiger partial charge in [-0.1, -0.05) is 151 Å². The Balaban J connectivity index is 1.11. The van der Waals surface area contributed by atoms with E-state index in [0.717, 1.165) is 35.1 Å². The molecule has 0 amide bonds. The quantitative estimate of drug-likeness (QED) is 0.0862. The van der Waals surface area contributed by atoms with Gasteiger partial charge < -0.3 is 9.47 Å². The van der Waals surface area contributed by atoms with Crippen molar-refractivity contribution in [2.45, 2.75) is 147 Å². The molecule has 0 spiro atoms. The largest absolute Gasteiger partial charge is 0.393 e. The molecule has 0 aromatic heterocycles. The van der Waals surface area contributed by atoms with Gasteiger partial charge in [-0.05, 0) is 42.0 Å². The highest BCUT2D eigenvalue weighted by atomic mass is 16.6. The van der Waals surface area contributed by atoms with E-state index < -0.39 is 53.5 Å². The lowest BCUT2D eigenvalue weighted by molar-refractivity contribution is -0.155. The topological polar surface area (TPSA) is 86.7 Å². The van der Waals surface area contributed by atoms with Gasteiger partial charge in [0.1, 0.15) is 0 Å². The highest BCUT2D eigenvalue weighted by Gasteiger charge is 2.59. The number of rotatable bonds is 19. The molecule has 1 aliphatic carbocycles. The molecule has 2 saturated heterocycles. The molecule has 254 valence electrons. The first kappa shape index (κ1) is 35.0. The van der Waals surface area contributed by atoms with Crippen LogP contribution in [0.3, 0.4) is 0 Å². The molecule has 5 unspecified atom stereocenters. The van der Waals surface area contributed by atoms with Crippen LogP contribution in [0.2, 0.25) is 0 Å². The monoisotopic (exact) mass is 642 g/mol. The molecule has 5 atom stereocenters. The standard InChI is InChI=1S/C41H54O6/c1-3-4-5-6-7-8-9-10-11-12-13-14-15-16-17-18-19-29-21-23-30(24-22-29)35-36(33-27-34(42)46-39(33)43)31-25-20-28(2)26-32(31)37-38(35)41(45)47-40(37)44/h20-26,33,35-38H,3-19,27H2,1-2H3. The summed E-state index contributed by atoms with van der Waals surface area (Å²) in [5.41, 5.74) is 4.61. The Morgan fingerprint density at radius 2 is 1.15 bits per heavy atom. The van der Waals surface area contributed by atoms with Gasteiger partial charge in [0.2, 0.25) is 0 Å². The van der Waals surface area contributed by atoms with E-state index in [1.165, 1.54) is 102 Å². The number of fused-ring (bicyclic) bond motifs is 3. The molecule has 0 radical (unpaired) electrons. The summed E-state index contributed by atoms with van der Waals surface area (Å²) in [6.45, 7) is 4.21. The zero-order valence-electron chi connectivity index (χ0n) is 28.6. The molecule has 6 heteroatoms. The molecule has 2 fully saturated rings. The smallest absolute Gasteiger partial charge is 0.321 e. The van der Waals surface area contributed by atoms with Gasteiger partial charge in [-0.15, -0.1) is 0 Å². The summed E-state index contributed by atoms with van der Waals surface area (Å²) in [5.74, 6) is -5.37. The summed E-state index contributed by atoms with van der Waals surface area (Å²) in [7, 11) is 0. The van der Waals surface area contributed by atoms with E-state index in [1.807, 2.05) is 37.3 Å². The number of aryl methyl sites for hydroxylation is 2. The Bertz CT molecular complexity index is 1380. The van der Waals surface area contributed by atoms with Crippen LogP contribution in [0.1, 0.15) is 162 Å². The van der Waals surface area contributed by atoms with Crippen molar-refractivity contribution in [1.29, 1.82) is 0 Å². The summed E-state index contributed by atoms with van der Waals surface area (Å²) in [6.07, 6.45) is 22.5. The Labute approximate surface area is 281 Å². The molecule has 2 aliphatic heterocycles. The van der Waals surface area contributed by atoms with Gasteiger partial charge >= 0.3 is 23.9 Å². The Hall–Kier alpha value is -3.28. The summed E-state index contributed by atoms with van der Waals surface area (Å²) in [6, 6.07) is 14.1. The fourth-order valence-corrected chi connectivity index (χ4v) is 8.30. The minimum Gasteiger partial charge on any atom is -0.393 e. The molecule has 2 aromatic carbocycles. The summed E-state index contributed by atoms with van der Waals surface area (Å²) < 4.78 is 10.2. The van der Waals surface area contributed by atoms with E-state index in [2.05, 4.69) is 19.1 Å². The van der Waals surface area contributed by atoms with Crippen molar-refractivity contribution in [1.82, 2.24) is 0 Å². The number of benzene rings is 2. The molecular weight excluding hydrogens is 588 g/mol. The van der Waals surface area contributed by atoms with Crippen LogP contribution in [0.25, 0.3) is 0 Å². The van der Waals surface area contributed by atoms with Gasteiger partial charge in [-0.25, -0.2) is 0 Å². The van der Waals surface area contributed by atoms with Crippen molar-refractivity contribution < 1.29 is 28.7 Å². The van der Waals surface area contributed by atoms with Crippen LogP contribution in [0.15, 0.2) is 42.5 Å². The van der Waals surface area contributed by atoms with Gasteiger partial charge in [0.05, 0.1) is 24.2 Å². The molecule has 2 aromatic rings. The van der Waals surface area contributed by atoms with Crippen molar-refractivity contribution >= 4 is 23.9 Å². The zero-order chi connectivity index (χ0) is 33.2. The van der Waals surface area contributed by atoms with E-state index >= 15 is 0 Å². The minimum atomic E-state index is -0.753. The first-order chi connectivity index (χ1) is 22.9. The van der Waals surface area contributed by atoms with E-state index in [0.29, 0.717) is 0 Å². The zero-order valence-corrected chi connectivity index (χ0v) is 28.6. The third-order valence-electron chi connectivity index (χ3n) is 10.8. The first-order valence-electron chi connectivity index (χ1n) is 18.6. The highest BCUT2D eigenvalue weighted by Crippen LogP contribution is 2.58. The predicted molar refractivity (Wildman–Crippen MR) is 183 cm³/mol. The Morgan fingerprint density at radius 1 is 0.574 bits per heavy atom. The number of cyclic esters (lactones) is 4. The fourth-order valence-electron chi connectivity index (χ4n) is 8.30. The summed E-state index contributed by atoms with van der Waals surface area (Å²) in [4.78, 5) is 51.4. The van der Waals surface area contributed by atoms with Crippen LogP contribution in [0.4, 0.5) is 0 Å². The Morgan fingerprint density at radius 3 is 1.70 bits per heavy atom. The minimum absolute atomic E-state index is 0.0367. The second-order valence-corrected chi connectivity index (χ2v) is 14.3. The van der Waals surface area contributed by atoms with Crippen LogP contribution in [0.5, 0.6) is 0 Å². The van der Waals surface area contributed by atoms with E-state index in [4.69, 9.17) is 9.47 Å². The lowest BCUT2D eigenvalue weighted by Gasteiger charge is -2.40. The number of hydrogen-bond acceptors (Lipinski definition) is 6. The summed E-state index contributed by atoms with van der Waals surface area (Å²) in [5, 5.41) is 0. The Kier molecular flexibility index (Phi) is 12.8. The van der Waals surface area contributed by atoms with Crippen molar-refractivity contribution in [2.75, 3.05) is 0 Å². The van der Waals surface area contributed by atoms with Crippen LogP contribution < -0.4 is 0 Å². The maximum atomic E-state index is 13.2. The molecule has 0 saturated carbocycles. The van der Waals surface area contributed by atoms with Crippen molar-refractivity contribution in [3.05, 3.63) is 70.3 Å². The van der Waals surface area contributed by atoms with Gasteiger partial charge in [-0.3, -0.25) is 19.2 Å². The van der Waals surface area contributed by atoms with Crippen LogP contribution in [-0.4, -0.2) is 23.9 Å². The second-order valence-electron chi connectivity index (χ2n) is 14.3. The van der Waals surface area contributed by atoms with Crippen LogP contribution in [-0.2, 0) is 35.1 Å². The molecule has 0 bridgehead atoms. The number of hydrogen-bond donors (Lipinski definition) is 0. The molecule has 2 heterocycles. The van der Waals surface area contributed by atoms with Crippen LogP contribution in [0, 0.1) is 18.8 Å². The summed E-state index contributed by atoms with van der Waals surface area (Å²) >= 11 is 0. The maximum Gasteiger partial charge on any atom is 0.321 e. The molecule has 5 rings (SSSR count). The maximum absolute atomic E-state index is 13.2. The van der Waals surface area contributed by atoms with Crippen molar-refractivity contribution in [2.24, 2.45) is 11.8 Å². The van der Waals surface area contributed by atoms with E-state index in [9.17, 15) is 19.2 Å². The lowest BCUT2D eigenvalue weighted by Crippen LogP contribution is -2.38. The number of carbonyl (C=O) groups excluding carboxylic acids is 4. The third kappa shape index (κ3) is 8.80. The average molecular weight is 643 g/mol. The van der Waals surface area contributed by atoms with Gasteiger partial charge in [0, 0.05) is 11.8 Å². The number of unbranched alkanes of at least 4 members (excludes halogenated alkanes) is 15. The third-order valence-corrected chi connectivity index (χ3v) is 10.8. The molecule has 47 heavy (non-hydrogen) atoms. The lowest BCUT2D eigenvalue weighted by atomic mass is 9.59. The molecule has 3 aliphatic rings. The van der Waals surface area contributed by atoms with Gasteiger partial charge in [0.15, 0.2) is 0 Å². The van der Waals surface area contributed by atoms with Gasteiger partial charge in [-0.2, -0.15) is 0 Å². The average Bonchev–Trinajstić information content (AvgIpc) is 3.55. The van der Waals surface area contributed by atoms with E-state index in [1.54, 1.807) is 0 Å². The SMILES string of the molecule is CCCCCCCCCCCCCCCCCCc1ccc(C2C3C(=O)OC(=O)C3c3cc(C)ccc3C2C2CC(=O)OC2=O)cc1. The van der Waals surface area contributed by atoms with Gasteiger partial charge in [0.25, 0.3) is 0 Å². The second kappa shape index (κ2) is 17.2. The number of esters is 4. The van der Waals surface area contributed by atoms with Crippen LogP contribution >= 0.6 is 0 Å². The fraction of sp³-hybridized carbons (Fsp3) is 0.610. The number of carbonyl (C=O) groups is 4. The first-order valence-corrected chi connectivity index (χ1v) is 18.6. The highest BCUT2D eigenvalue weighted by molar-refractivity contribution is 6.02. The van der Waals surface area contributed by atoms with E-state index in [-0.39, 0.29) is 6.42 Å². The normalized spacial score (nSPS) is 23.5. The molecular formula is C41H54O6. The predicted octanol–water partition coefficient (Wildman–Crippen LogP) is 9.55. The molecule has 0 N–H and O–H groups in total.